The Bertz CT molecular complexity index is 313. The minimum atomic E-state index is -0.446. The van der Waals surface area contributed by atoms with Gasteiger partial charge in [0.2, 0.25) is 0 Å². The molecule has 3 N–H and O–H groups in total. The second kappa shape index (κ2) is 2.73. The van der Waals surface area contributed by atoms with Gasteiger partial charge in [0.15, 0.2) is 0 Å². The number of fused-ring (bicyclic) bond motifs is 1. The molecule has 1 aromatic rings. The summed E-state index contributed by atoms with van der Waals surface area (Å²) >= 11 is 5.80. The van der Waals surface area contributed by atoms with E-state index in [1.54, 1.807) is 0 Å². The number of halogens is 1. The molecule has 2 rings (SSSR count). The summed E-state index contributed by atoms with van der Waals surface area (Å²) in [6, 6.07) is 5.31. The minimum Gasteiger partial charge on any atom is -0.391 e. The molecule has 3 heteroatoms. The van der Waals surface area contributed by atoms with Gasteiger partial charge < -0.3 is 10.8 Å². The van der Waals surface area contributed by atoms with E-state index in [9.17, 15) is 5.11 Å². The van der Waals surface area contributed by atoms with E-state index < -0.39 is 6.10 Å². The number of hydrogen-bond acceptors (Lipinski definition) is 2. The van der Waals surface area contributed by atoms with Gasteiger partial charge in [-0.05, 0) is 23.3 Å². The monoisotopic (exact) mass is 183 g/mol. The molecule has 0 aromatic heterocycles. The first-order valence-corrected chi connectivity index (χ1v) is 4.28. The van der Waals surface area contributed by atoms with Crippen molar-refractivity contribution in [2.24, 2.45) is 5.73 Å². The van der Waals surface area contributed by atoms with Crippen LogP contribution in [0.3, 0.4) is 0 Å². The van der Waals surface area contributed by atoms with Gasteiger partial charge in [0.1, 0.15) is 0 Å². The van der Waals surface area contributed by atoms with E-state index in [0.717, 1.165) is 11.1 Å². The first kappa shape index (κ1) is 8.05. The Kier molecular flexibility index (Phi) is 1.83. The van der Waals surface area contributed by atoms with Crippen LogP contribution in [0.25, 0.3) is 0 Å². The van der Waals surface area contributed by atoms with Crippen molar-refractivity contribution in [2.75, 3.05) is 0 Å². The fourth-order valence-corrected chi connectivity index (χ4v) is 1.80. The van der Waals surface area contributed by atoms with Crippen molar-refractivity contribution < 1.29 is 5.11 Å². The Morgan fingerprint density at radius 2 is 2.25 bits per heavy atom. The summed E-state index contributed by atoms with van der Waals surface area (Å²) in [6.45, 7) is 0. The van der Waals surface area contributed by atoms with Crippen LogP contribution in [-0.4, -0.2) is 11.2 Å². The SMILES string of the molecule is NC1c2cc(Cl)ccc2CC1O. The highest BCUT2D eigenvalue weighted by Gasteiger charge is 2.27. The van der Waals surface area contributed by atoms with Crippen LogP contribution in [0.2, 0.25) is 5.02 Å². The highest BCUT2D eigenvalue weighted by atomic mass is 35.5. The number of aliphatic hydroxyl groups excluding tert-OH is 1. The predicted octanol–water partition coefficient (Wildman–Crippen LogP) is 1.26. The average Bonchev–Trinajstić information content (AvgIpc) is 2.31. The smallest absolute Gasteiger partial charge is 0.0773 e. The van der Waals surface area contributed by atoms with E-state index >= 15 is 0 Å². The van der Waals surface area contributed by atoms with Crippen molar-refractivity contribution in [1.29, 1.82) is 0 Å². The van der Waals surface area contributed by atoms with Crippen molar-refractivity contribution >= 4 is 11.6 Å². The van der Waals surface area contributed by atoms with Gasteiger partial charge >= 0.3 is 0 Å². The molecule has 64 valence electrons. The summed E-state index contributed by atoms with van der Waals surface area (Å²) in [4.78, 5) is 0. The molecule has 2 nitrogen and oxygen atoms in total. The summed E-state index contributed by atoms with van der Waals surface area (Å²) in [6.07, 6.45) is 0.201. The van der Waals surface area contributed by atoms with Crippen molar-refractivity contribution in [2.45, 2.75) is 18.6 Å². The molecule has 1 aromatic carbocycles. The predicted molar refractivity (Wildman–Crippen MR) is 48.1 cm³/mol. The third-order valence-electron chi connectivity index (χ3n) is 2.31. The summed E-state index contributed by atoms with van der Waals surface area (Å²) in [5, 5.41) is 10.1. The number of hydrogen-bond donors (Lipinski definition) is 2. The van der Waals surface area contributed by atoms with Crippen LogP contribution in [0.15, 0.2) is 18.2 Å². The van der Waals surface area contributed by atoms with E-state index in [4.69, 9.17) is 17.3 Å². The maximum absolute atomic E-state index is 9.44. The van der Waals surface area contributed by atoms with Gasteiger partial charge in [0.05, 0.1) is 12.1 Å². The van der Waals surface area contributed by atoms with Gasteiger partial charge in [-0.15, -0.1) is 0 Å². The lowest BCUT2D eigenvalue weighted by molar-refractivity contribution is 0.158. The molecule has 0 radical (unpaired) electrons. The fraction of sp³-hybridized carbons (Fsp3) is 0.333. The van der Waals surface area contributed by atoms with E-state index in [1.807, 2.05) is 18.2 Å². The van der Waals surface area contributed by atoms with E-state index in [0.29, 0.717) is 11.4 Å². The highest BCUT2D eigenvalue weighted by molar-refractivity contribution is 6.30. The third kappa shape index (κ3) is 1.12. The molecule has 12 heavy (non-hydrogen) atoms. The van der Waals surface area contributed by atoms with E-state index in [1.165, 1.54) is 0 Å². The van der Waals surface area contributed by atoms with Gasteiger partial charge in [-0.2, -0.15) is 0 Å². The molecule has 1 aliphatic carbocycles. The number of nitrogens with two attached hydrogens (primary N) is 1. The standard InChI is InChI=1S/C9H10ClNO/c10-6-2-1-5-3-8(12)9(11)7(5)4-6/h1-2,4,8-9,12H,3,11H2. The van der Waals surface area contributed by atoms with E-state index in [2.05, 4.69) is 0 Å². The zero-order valence-corrected chi connectivity index (χ0v) is 7.25. The maximum atomic E-state index is 9.44. The van der Waals surface area contributed by atoms with Gasteiger partial charge in [0.25, 0.3) is 0 Å². The van der Waals surface area contributed by atoms with E-state index in [-0.39, 0.29) is 6.04 Å². The minimum absolute atomic E-state index is 0.265. The lowest BCUT2D eigenvalue weighted by Gasteiger charge is -2.08. The number of benzene rings is 1. The van der Waals surface area contributed by atoms with Crippen LogP contribution in [0, 0.1) is 0 Å². The maximum Gasteiger partial charge on any atom is 0.0773 e. The molecule has 0 amide bonds. The first-order valence-electron chi connectivity index (χ1n) is 3.90. The lowest BCUT2D eigenvalue weighted by atomic mass is 10.1. The second-order valence-corrected chi connectivity index (χ2v) is 3.58. The summed E-state index contributed by atoms with van der Waals surface area (Å²) in [7, 11) is 0. The van der Waals surface area contributed by atoms with Gasteiger partial charge in [-0.25, -0.2) is 0 Å². The Hall–Kier alpha value is -0.570. The van der Waals surface area contributed by atoms with Crippen LogP contribution < -0.4 is 5.73 Å². The molecular weight excluding hydrogens is 174 g/mol. The summed E-state index contributed by atoms with van der Waals surface area (Å²) in [5.41, 5.74) is 7.84. The summed E-state index contributed by atoms with van der Waals surface area (Å²) < 4.78 is 0. The quantitative estimate of drug-likeness (QED) is 0.636. The number of aliphatic hydroxyl groups is 1. The Labute approximate surface area is 76.0 Å². The molecule has 2 unspecified atom stereocenters. The average molecular weight is 184 g/mol. The molecule has 0 saturated heterocycles. The van der Waals surface area contributed by atoms with Crippen molar-refractivity contribution in [3.05, 3.63) is 34.3 Å². The lowest BCUT2D eigenvalue weighted by Crippen LogP contribution is -2.21. The van der Waals surface area contributed by atoms with Gasteiger partial charge in [-0.3, -0.25) is 0 Å². The molecule has 2 atom stereocenters. The van der Waals surface area contributed by atoms with Crippen molar-refractivity contribution in [3.8, 4) is 0 Å². The molecule has 0 heterocycles. The van der Waals surface area contributed by atoms with Crippen LogP contribution in [0.5, 0.6) is 0 Å². The molecule has 0 fully saturated rings. The Balaban J connectivity index is 2.48. The van der Waals surface area contributed by atoms with Crippen molar-refractivity contribution in [3.63, 3.8) is 0 Å². The Morgan fingerprint density at radius 1 is 1.50 bits per heavy atom. The first-order chi connectivity index (χ1) is 5.68. The topological polar surface area (TPSA) is 46.2 Å². The second-order valence-electron chi connectivity index (χ2n) is 3.14. The molecule has 0 bridgehead atoms. The van der Waals surface area contributed by atoms with Crippen LogP contribution in [0.4, 0.5) is 0 Å². The van der Waals surface area contributed by atoms with Gasteiger partial charge in [0, 0.05) is 11.4 Å². The number of rotatable bonds is 0. The third-order valence-corrected chi connectivity index (χ3v) is 2.55. The Morgan fingerprint density at radius 3 is 3.00 bits per heavy atom. The highest BCUT2D eigenvalue weighted by Crippen LogP contribution is 2.31. The zero-order valence-electron chi connectivity index (χ0n) is 6.50. The normalized spacial score (nSPS) is 27.2. The largest absolute Gasteiger partial charge is 0.391 e. The van der Waals surface area contributed by atoms with Crippen LogP contribution in [0.1, 0.15) is 17.2 Å². The molecule has 0 saturated carbocycles. The van der Waals surface area contributed by atoms with Gasteiger partial charge in [-0.1, -0.05) is 17.7 Å². The van der Waals surface area contributed by atoms with Crippen LogP contribution >= 0.6 is 11.6 Å². The van der Waals surface area contributed by atoms with Crippen LogP contribution in [-0.2, 0) is 6.42 Å². The molecule has 0 aliphatic heterocycles. The zero-order chi connectivity index (χ0) is 8.72. The van der Waals surface area contributed by atoms with Crippen molar-refractivity contribution in [1.82, 2.24) is 0 Å². The molecule has 0 spiro atoms. The summed E-state index contributed by atoms with van der Waals surface area (Å²) in [5.74, 6) is 0. The molecular formula is C9H10ClNO. The fourth-order valence-electron chi connectivity index (χ4n) is 1.62. The molecule has 1 aliphatic rings.